The molecule has 232 valence electrons. The first-order valence-corrected chi connectivity index (χ1v) is 15.7. The highest BCUT2D eigenvalue weighted by Crippen LogP contribution is 2.29. The molecule has 0 aliphatic rings. The van der Waals surface area contributed by atoms with E-state index < -0.39 is 11.6 Å². The average molecular weight is 596 g/mol. The van der Waals surface area contributed by atoms with Gasteiger partial charge in [-0.3, -0.25) is 4.79 Å². The third-order valence-electron chi connectivity index (χ3n) is 7.58. The Morgan fingerprint density at radius 2 is 1.41 bits per heavy atom. The number of aromatic nitrogens is 1. The fourth-order valence-corrected chi connectivity index (χ4v) is 5.26. The van der Waals surface area contributed by atoms with Crippen LogP contribution in [0.4, 0.5) is 0 Å². The van der Waals surface area contributed by atoms with Crippen molar-refractivity contribution in [3.05, 3.63) is 102 Å². The third-order valence-corrected chi connectivity index (χ3v) is 7.58. The van der Waals surface area contributed by atoms with Gasteiger partial charge in [0.2, 0.25) is 5.88 Å². The number of hydrogen-bond acceptors (Lipinski definition) is 5. The van der Waals surface area contributed by atoms with Crippen LogP contribution >= 0.6 is 0 Å². The van der Waals surface area contributed by atoms with Crippen LogP contribution in [-0.4, -0.2) is 40.0 Å². The molecule has 0 fully saturated rings. The van der Waals surface area contributed by atoms with E-state index in [1.54, 1.807) is 13.8 Å². The Labute approximate surface area is 261 Å². The molecule has 0 aliphatic heterocycles. The zero-order valence-corrected chi connectivity index (χ0v) is 26.0. The van der Waals surface area contributed by atoms with Crippen LogP contribution in [0.5, 0.6) is 11.6 Å². The van der Waals surface area contributed by atoms with Gasteiger partial charge in [-0.2, -0.15) is 0 Å². The Bertz CT molecular complexity index is 1390. The first-order chi connectivity index (χ1) is 21.3. The molecule has 0 radical (unpaired) electrons. The number of rotatable bonds is 18. The molecule has 0 atom stereocenters. The van der Waals surface area contributed by atoms with Gasteiger partial charge in [0.1, 0.15) is 5.75 Å². The number of aliphatic carboxylic acids is 1. The summed E-state index contributed by atoms with van der Waals surface area (Å²) in [6.45, 7) is 4.67. The molecule has 4 rings (SSSR count). The van der Waals surface area contributed by atoms with Gasteiger partial charge in [-0.1, -0.05) is 85.6 Å². The van der Waals surface area contributed by atoms with Crippen LogP contribution in [-0.2, 0) is 17.6 Å². The number of aryl methyl sites for hydroxylation is 1. The minimum Gasteiger partial charge on any atom is -0.493 e. The highest BCUT2D eigenvalue weighted by atomic mass is 16.5. The lowest BCUT2D eigenvalue weighted by molar-refractivity contribution is -0.136. The van der Waals surface area contributed by atoms with Crippen molar-refractivity contribution in [1.82, 2.24) is 4.98 Å². The number of hydrogen-bond donors (Lipinski definition) is 2. The second-order valence-electron chi connectivity index (χ2n) is 11.9. The van der Waals surface area contributed by atoms with E-state index in [0.717, 1.165) is 77.8 Å². The fraction of sp³-hybridized carbons (Fsp3) is 0.368. The van der Waals surface area contributed by atoms with Gasteiger partial charge in [0.15, 0.2) is 0 Å². The van der Waals surface area contributed by atoms with Crippen LogP contribution in [0, 0.1) is 0 Å². The largest absolute Gasteiger partial charge is 0.493 e. The monoisotopic (exact) mass is 595 g/mol. The lowest BCUT2D eigenvalue weighted by Crippen LogP contribution is -2.19. The maximum absolute atomic E-state index is 11.3. The molecular formula is C38H45NO5. The predicted molar refractivity (Wildman–Crippen MR) is 176 cm³/mol. The Morgan fingerprint density at radius 3 is 2.11 bits per heavy atom. The van der Waals surface area contributed by atoms with E-state index in [4.69, 9.17) is 14.5 Å². The summed E-state index contributed by atoms with van der Waals surface area (Å²) in [5.41, 5.74) is 5.57. The minimum absolute atomic E-state index is 0.0693. The number of benzene rings is 3. The van der Waals surface area contributed by atoms with E-state index in [0.29, 0.717) is 31.9 Å². The first kappa shape index (κ1) is 32.7. The van der Waals surface area contributed by atoms with Gasteiger partial charge < -0.3 is 19.7 Å². The van der Waals surface area contributed by atoms with E-state index in [1.165, 1.54) is 0 Å². The second-order valence-corrected chi connectivity index (χ2v) is 11.9. The summed E-state index contributed by atoms with van der Waals surface area (Å²) in [5, 5.41) is 19.3. The highest BCUT2D eigenvalue weighted by Gasteiger charge is 2.14. The number of nitrogens with zero attached hydrogens (tertiary/aromatic N) is 1. The molecule has 1 heterocycles. The summed E-state index contributed by atoms with van der Waals surface area (Å²) in [7, 11) is 0. The lowest BCUT2D eigenvalue weighted by atomic mass is 9.96. The van der Waals surface area contributed by atoms with Crippen molar-refractivity contribution in [2.75, 3.05) is 13.2 Å². The number of pyridine rings is 1. The van der Waals surface area contributed by atoms with E-state index in [2.05, 4.69) is 36.4 Å². The lowest BCUT2D eigenvalue weighted by Gasteiger charge is -2.18. The SMILES string of the molecule is CC(C)(O)CCCOc1cccc(CCCCCCOc2cc(-c3ccccc3)cc(-c3ccccc3)n2)c1CCC(=O)O. The number of carboxylic acid groups (broad SMARTS) is 1. The zero-order chi connectivity index (χ0) is 31.2. The number of aliphatic hydroxyl groups is 1. The zero-order valence-electron chi connectivity index (χ0n) is 26.0. The average Bonchev–Trinajstić information content (AvgIpc) is 3.02. The predicted octanol–water partition coefficient (Wildman–Crippen LogP) is 8.54. The molecule has 3 aromatic carbocycles. The highest BCUT2D eigenvalue weighted by molar-refractivity contribution is 5.71. The van der Waals surface area contributed by atoms with Gasteiger partial charge in [0.25, 0.3) is 0 Å². The Kier molecular flexibility index (Phi) is 12.4. The number of carbonyl (C=O) groups is 1. The van der Waals surface area contributed by atoms with Crippen molar-refractivity contribution in [1.29, 1.82) is 0 Å². The maximum Gasteiger partial charge on any atom is 0.303 e. The van der Waals surface area contributed by atoms with Crippen molar-refractivity contribution in [3.63, 3.8) is 0 Å². The van der Waals surface area contributed by atoms with Gasteiger partial charge in [-0.15, -0.1) is 0 Å². The van der Waals surface area contributed by atoms with Crippen LogP contribution in [0.2, 0.25) is 0 Å². The smallest absolute Gasteiger partial charge is 0.303 e. The first-order valence-electron chi connectivity index (χ1n) is 15.7. The van der Waals surface area contributed by atoms with E-state index in [1.807, 2.05) is 54.6 Å². The molecule has 0 aliphatic carbocycles. The molecule has 0 amide bonds. The molecule has 0 spiro atoms. The van der Waals surface area contributed by atoms with E-state index in [-0.39, 0.29) is 6.42 Å². The van der Waals surface area contributed by atoms with Crippen molar-refractivity contribution >= 4 is 5.97 Å². The Balaban J connectivity index is 1.29. The van der Waals surface area contributed by atoms with Crippen molar-refractivity contribution < 1.29 is 24.5 Å². The van der Waals surface area contributed by atoms with E-state index in [9.17, 15) is 15.0 Å². The molecule has 2 N–H and O–H groups in total. The summed E-state index contributed by atoms with van der Waals surface area (Å²) in [6.07, 6.45) is 6.76. The topological polar surface area (TPSA) is 88.9 Å². The minimum atomic E-state index is -0.813. The number of ether oxygens (including phenoxy) is 2. The summed E-state index contributed by atoms with van der Waals surface area (Å²) >= 11 is 0. The molecule has 6 nitrogen and oxygen atoms in total. The van der Waals surface area contributed by atoms with Crippen LogP contribution < -0.4 is 9.47 Å². The van der Waals surface area contributed by atoms with Crippen LogP contribution in [0.25, 0.3) is 22.4 Å². The van der Waals surface area contributed by atoms with Gasteiger partial charge in [0, 0.05) is 18.1 Å². The summed E-state index contributed by atoms with van der Waals surface area (Å²) < 4.78 is 12.2. The van der Waals surface area contributed by atoms with Gasteiger partial charge >= 0.3 is 5.97 Å². The van der Waals surface area contributed by atoms with E-state index >= 15 is 0 Å². The maximum atomic E-state index is 11.3. The molecule has 4 aromatic rings. The van der Waals surface area contributed by atoms with Crippen molar-refractivity contribution in [2.45, 2.75) is 77.2 Å². The fourth-order valence-electron chi connectivity index (χ4n) is 5.26. The molecule has 0 bridgehead atoms. The van der Waals surface area contributed by atoms with Crippen LogP contribution in [0.1, 0.15) is 69.9 Å². The molecule has 0 saturated carbocycles. The molecule has 6 heteroatoms. The third kappa shape index (κ3) is 10.8. The summed E-state index contributed by atoms with van der Waals surface area (Å²) in [5.74, 6) is 0.577. The van der Waals surface area contributed by atoms with Crippen LogP contribution in [0.3, 0.4) is 0 Å². The molecule has 0 saturated heterocycles. The standard InChI is InChI=1S/C38H45NO5/c1-38(2,42)24-14-26-43-35-21-13-20-30(33(35)22-23-37(40)41)17-7-3-4-12-25-44-36-28-32(29-15-8-5-9-16-29)27-34(39-36)31-18-10-6-11-19-31/h5-6,8-11,13,15-16,18-21,27-28,42H,3-4,7,12,14,17,22-26H2,1-2H3,(H,40,41). The van der Waals surface area contributed by atoms with Gasteiger partial charge in [0.05, 0.1) is 24.5 Å². The van der Waals surface area contributed by atoms with Crippen molar-refractivity contribution in [2.24, 2.45) is 0 Å². The number of unbranched alkanes of at least 4 members (excludes halogenated alkanes) is 3. The summed E-state index contributed by atoms with van der Waals surface area (Å²) in [6, 6.07) is 30.6. The van der Waals surface area contributed by atoms with Crippen LogP contribution in [0.15, 0.2) is 91.0 Å². The molecule has 0 unspecified atom stereocenters. The summed E-state index contributed by atoms with van der Waals surface area (Å²) in [4.78, 5) is 16.1. The Morgan fingerprint density at radius 1 is 0.727 bits per heavy atom. The van der Waals surface area contributed by atoms with Gasteiger partial charge in [-0.05, 0) is 86.8 Å². The quantitative estimate of drug-likeness (QED) is 0.112. The molecule has 1 aromatic heterocycles. The molecular weight excluding hydrogens is 550 g/mol. The number of carboxylic acids is 1. The van der Waals surface area contributed by atoms with Crippen molar-refractivity contribution in [3.8, 4) is 34.0 Å². The normalized spacial score (nSPS) is 11.3. The van der Waals surface area contributed by atoms with Gasteiger partial charge in [-0.25, -0.2) is 4.98 Å². The second kappa shape index (κ2) is 16.6. The molecule has 44 heavy (non-hydrogen) atoms. The Hall–Kier alpha value is -4.16.